The highest BCUT2D eigenvalue weighted by Crippen LogP contribution is 2.30. The lowest BCUT2D eigenvalue weighted by atomic mass is 9.89. The number of carbonyl (C=O) groups is 1. The summed E-state index contributed by atoms with van der Waals surface area (Å²) < 4.78 is 0. The molecule has 1 fully saturated rings. The number of carbonyl (C=O) groups excluding carboxylic acids is 1. The van der Waals surface area contributed by atoms with Crippen LogP contribution in [0.25, 0.3) is 0 Å². The van der Waals surface area contributed by atoms with Gasteiger partial charge in [-0.2, -0.15) is 0 Å². The average Bonchev–Trinajstić information content (AvgIpc) is 2.41. The molecule has 1 aliphatic carbocycles. The van der Waals surface area contributed by atoms with E-state index in [1.54, 1.807) is 6.08 Å². The van der Waals surface area contributed by atoms with Crippen molar-refractivity contribution in [3.63, 3.8) is 0 Å². The van der Waals surface area contributed by atoms with Gasteiger partial charge in [-0.25, -0.2) is 0 Å². The van der Waals surface area contributed by atoms with Gasteiger partial charge in [0.1, 0.15) is 0 Å². The molecule has 70 valence electrons. The van der Waals surface area contributed by atoms with Crippen molar-refractivity contribution >= 4 is 5.91 Å². The lowest BCUT2D eigenvalue weighted by Gasteiger charge is -2.21. The summed E-state index contributed by atoms with van der Waals surface area (Å²) in [6, 6.07) is -0.0638. The van der Waals surface area contributed by atoms with Crippen LogP contribution in [0.2, 0.25) is 0 Å². The van der Waals surface area contributed by atoms with E-state index < -0.39 is 5.60 Å². The molecule has 1 heterocycles. The molecule has 4 nitrogen and oxygen atoms in total. The van der Waals surface area contributed by atoms with Gasteiger partial charge in [0.05, 0.1) is 6.04 Å². The summed E-state index contributed by atoms with van der Waals surface area (Å²) in [5.74, 6) is -0.380. The zero-order chi connectivity index (χ0) is 9.47. The second-order valence-electron chi connectivity index (χ2n) is 3.38. The minimum atomic E-state index is -1.48. The number of nitrogens with one attached hydrogen (secondary N) is 1. The van der Waals surface area contributed by atoms with E-state index in [0.29, 0.717) is 5.57 Å². The lowest BCUT2D eigenvalue weighted by Crippen LogP contribution is -2.45. The Kier molecular flexibility index (Phi) is 1.75. The Bertz CT molecular complexity index is 309. The molecule has 1 aliphatic heterocycles. The topological polar surface area (TPSA) is 75.3 Å². The van der Waals surface area contributed by atoms with E-state index in [-0.39, 0.29) is 18.5 Å². The van der Waals surface area contributed by atoms with Gasteiger partial charge in [-0.15, -0.1) is 0 Å². The summed E-state index contributed by atoms with van der Waals surface area (Å²) in [6.45, 7) is -0.0605. The minimum Gasteiger partial charge on any atom is -0.374 e. The number of hydrogen-bond donors (Lipinski definition) is 3. The molecule has 2 unspecified atom stereocenters. The van der Waals surface area contributed by atoms with E-state index in [4.69, 9.17) is 5.73 Å². The molecule has 4 heteroatoms. The number of aliphatic hydroxyl groups is 1. The van der Waals surface area contributed by atoms with Crippen LogP contribution in [0.3, 0.4) is 0 Å². The van der Waals surface area contributed by atoms with Gasteiger partial charge in [0.15, 0.2) is 5.60 Å². The fraction of sp³-hybridized carbons (Fsp3) is 0.444. The van der Waals surface area contributed by atoms with Crippen LogP contribution in [0.4, 0.5) is 0 Å². The van der Waals surface area contributed by atoms with Crippen LogP contribution in [-0.4, -0.2) is 29.2 Å². The van der Waals surface area contributed by atoms with Crippen molar-refractivity contribution in [2.45, 2.75) is 18.1 Å². The third-order valence-electron chi connectivity index (χ3n) is 2.61. The SMILES string of the molecule is NCC1(O)C(=O)NC2CC=CC=C21. The first-order valence-electron chi connectivity index (χ1n) is 4.29. The normalized spacial score (nSPS) is 36.9. The zero-order valence-corrected chi connectivity index (χ0v) is 7.16. The predicted octanol–water partition coefficient (Wildman–Crippen LogP) is -0.939. The van der Waals surface area contributed by atoms with Crippen molar-refractivity contribution < 1.29 is 9.90 Å². The van der Waals surface area contributed by atoms with Gasteiger partial charge < -0.3 is 16.2 Å². The Morgan fingerprint density at radius 3 is 3.23 bits per heavy atom. The Hall–Kier alpha value is -1.13. The Morgan fingerprint density at radius 1 is 1.77 bits per heavy atom. The average molecular weight is 180 g/mol. The predicted molar refractivity (Wildman–Crippen MR) is 47.8 cm³/mol. The molecule has 0 bridgehead atoms. The molecule has 1 amide bonds. The molecule has 2 aliphatic rings. The molecule has 4 N–H and O–H groups in total. The summed E-state index contributed by atoms with van der Waals surface area (Å²) in [5, 5.41) is 12.6. The number of amides is 1. The summed E-state index contributed by atoms with van der Waals surface area (Å²) >= 11 is 0. The maximum absolute atomic E-state index is 11.4. The van der Waals surface area contributed by atoms with E-state index in [9.17, 15) is 9.90 Å². The molecular formula is C9H12N2O2. The highest BCUT2D eigenvalue weighted by Gasteiger charge is 2.48. The highest BCUT2D eigenvalue weighted by atomic mass is 16.3. The van der Waals surface area contributed by atoms with E-state index in [2.05, 4.69) is 5.32 Å². The number of allylic oxidation sites excluding steroid dienone is 2. The van der Waals surface area contributed by atoms with Crippen molar-refractivity contribution in [2.75, 3.05) is 6.54 Å². The van der Waals surface area contributed by atoms with Gasteiger partial charge >= 0.3 is 0 Å². The van der Waals surface area contributed by atoms with Crippen LogP contribution >= 0.6 is 0 Å². The summed E-state index contributed by atoms with van der Waals surface area (Å²) in [5.41, 5.74) is 4.61. The first-order chi connectivity index (χ1) is 6.18. The number of fused-ring (bicyclic) bond motifs is 1. The third-order valence-corrected chi connectivity index (χ3v) is 2.61. The van der Waals surface area contributed by atoms with E-state index >= 15 is 0 Å². The fourth-order valence-electron chi connectivity index (χ4n) is 1.81. The van der Waals surface area contributed by atoms with Crippen molar-refractivity contribution in [3.05, 3.63) is 23.8 Å². The first-order valence-corrected chi connectivity index (χ1v) is 4.29. The van der Waals surface area contributed by atoms with Crippen LogP contribution in [0.1, 0.15) is 6.42 Å². The second kappa shape index (κ2) is 2.68. The molecule has 13 heavy (non-hydrogen) atoms. The third kappa shape index (κ3) is 1.03. The Labute approximate surface area is 76.1 Å². The lowest BCUT2D eigenvalue weighted by molar-refractivity contribution is -0.132. The maximum Gasteiger partial charge on any atom is 0.258 e. The number of hydrogen-bond acceptors (Lipinski definition) is 3. The molecule has 0 saturated carbocycles. The molecule has 2 rings (SSSR count). The Morgan fingerprint density at radius 2 is 2.54 bits per heavy atom. The van der Waals surface area contributed by atoms with Crippen LogP contribution in [0, 0.1) is 0 Å². The second-order valence-corrected chi connectivity index (χ2v) is 3.38. The highest BCUT2D eigenvalue weighted by molar-refractivity contribution is 5.93. The molecule has 2 atom stereocenters. The van der Waals surface area contributed by atoms with Gasteiger partial charge in [-0.1, -0.05) is 18.2 Å². The fourth-order valence-corrected chi connectivity index (χ4v) is 1.81. The standard InChI is InChI=1S/C9H12N2O2/c10-5-9(13)6-3-1-2-4-7(6)11-8(9)12/h1-3,7,13H,4-5,10H2,(H,11,12). The van der Waals surface area contributed by atoms with Gasteiger partial charge in [0.2, 0.25) is 0 Å². The molecule has 0 radical (unpaired) electrons. The van der Waals surface area contributed by atoms with E-state index in [1.165, 1.54) is 0 Å². The number of rotatable bonds is 1. The summed E-state index contributed by atoms with van der Waals surface area (Å²) in [6.07, 6.45) is 6.29. The van der Waals surface area contributed by atoms with Gasteiger partial charge in [0, 0.05) is 6.54 Å². The van der Waals surface area contributed by atoms with Gasteiger partial charge in [-0.3, -0.25) is 4.79 Å². The zero-order valence-electron chi connectivity index (χ0n) is 7.16. The number of nitrogens with two attached hydrogens (primary N) is 1. The van der Waals surface area contributed by atoms with Crippen LogP contribution in [0.15, 0.2) is 23.8 Å². The molecule has 0 spiro atoms. The quantitative estimate of drug-likeness (QED) is 0.487. The molecule has 0 aromatic heterocycles. The molecule has 1 saturated heterocycles. The van der Waals surface area contributed by atoms with Crippen LogP contribution < -0.4 is 11.1 Å². The Balaban J connectivity index is 2.41. The van der Waals surface area contributed by atoms with Crippen molar-refractivity contribution in [2.24, 2.45) is 5.73 Å². The van der Waals surface area contributed by atoms with Crippen molar-refractivity contribution in [3.8, 4) is 0 Å². The van der Waals surface area contributed by atoms with Gasteiger partial charge in [0.25, 0.3) is 5.91 Å². The molecular weight excluding hydrogens is 168 g/mol. The molecule has 0 aromatic carbocycles. The maximum atomic E-state index is 11.4. The van der Waals surface area contributed by atoms with Crippen molar-refractivity contribution in [1.29, 1.82) is 0 Å². The van der Waals surface area contributed by atoms with Crippen LogP contribution in [0.5, 0.6) is 0 Å². The summed E-state index contributed by atoms with van der Waals surface area (Å²) in [7, 11) is 0. The monoisotopic (exact) mass is 180 g/mol. The smallest absolute Gasteiger partial charge is 0.258 e. The van der Waals surface area contributed by atoms with E-state index in [1.807, 2.05) is 12.2 Å². The first kappa shape index (κ1) is 8.47. The van der Waals surface area contributed by atoms with Gasteiger partial charge in [-0.05, 0) is 12.0 Å². The van der Waals surface area contributed by atoms with Crippen molar-refractivity contribution in [1.82, 2.24) is 5.32 Å². The largest absolute Gasteiger partial charge is 0.374 e. The summed E-state index contributed by atoms with van der Waals surface area (Å²) in [4.78, 5) is 11.4. The van der Waals surface area contributed by atoms with Crippen LogP contribution in [-0.2, 0) is 4.79 Å². The minimum absolute atomic E-state index is 0.0605. The van der Waals surface area contributed by atoms with E-state index in [0.717, 1.165) is 6.42 Å². The molecule has 0 aromatic rings.